The minimum absolute atomic E-state index is 0.0227. The number of alkyl halides is 3. The van der Waals surface area contributed by atoms with Crippen molar-refractivity contribution in [1.82, 2.24) is 9.55 Å². The van der Waals surface area contributed by atoms with Crippen LogP contribution in [-0.4, -0.2) is 22.1 Å². The molecule has 0 aliphatic rings. The molecule has 24 heavy (non-hydrogen) atoms. The van der Waals surface area contributed by atoms with E-state index >= 15 is 0 Å². The van der Waals surface area contributed by atoms with Crippen LogP contribution in [-0.2, 0) is 15.7 Å². The Balaban J connectivity index is 2.51. The standard InChI is InChI=1S/C14H11F4N3O3/c1-2-24-13(22)12(21-6-11(20-23)19-7-21)9-4-3-8(5-10(9)15)14(16,17)18/h3-7,12H,2H2,1H3. The lowest BCUT2D eigenvalue weighted by atomic mass is 10.0. The van der Waals surface area contributed by atoms with E-state index in [9.17, 15) is 27.3 Å². The van der Waals surface area contributed by atoms with Gasteiger partial charge in [0.2, 0.25) is 5.82 Å². The van der Waals surface area contributed by atoms with Crippen LogP contribution < -0.4 is 0 Å². The maximum Gasteiger partial charge on any atom is 0.416 e. The predicted molar refractivity (Wildman–Crippen MR) is 73.9 cm³/mol. The van der Waals surface area contributed by atoms with Crippen LogP contribution in [0.2, 0.25) is 0 Å². The zero-order valence-corrected chi connectivity index (χ0v) is 12.2. The molecule has 1 aromatic heterocycles. The van der Waals surface area contributed by atoms with Crippen LogP contribution in [0.15, 0.2) is 35.9 Å². The van der Waals surface area contributed by atoms with Crippen molar-refractivity contribution in [2.75, 3.05) is 6.61 Å². The average molecular weight is 345 g/mol. The first-order chi connectivity index (χ1) is 11.3. The maximum atomic E-state index is 14.2. The normalized spacial score (nSPS) is 12.7. The molecule has 0 fully saturated rings. The Bertz CT molecular complexity index is 758. The molecule has 1 atom stereocenters. The number of hydrogen-bond acceptors (Lipinski definition) is 5. The van der Waals surface area contributed by atoms with Gasteiger partial charge in [-0.1, -0.05) is 6.07 Å². The second-order valence-electron chi connectivity index (χ2n) is 4.66. The predicted octanol–water partition coefficient (Wildman–Crippen LogP) is 3.59. The number of carbonyl (C=O) groups is 1. The lowest BCUT2D eigenvalue weighted by Gasteiger charge is -2.18. The molecule has 0 saturated heterocycles. The van der Waals surface area contributed by atoms with Crippen molar-refractivity contribution in [3.63, 3.8) is 0 Å². The van der Waals surface area contributed by atoms with E-state index in [2.05, 4.69) is 10.2 Å². The Labute approximate surface area is 133 Å². The highest BCUT2D eigenvalue weighted by Crippen LogP contribution is 2.32. The van der Waals surface area contributed by atoms with E-state index in [0.717, 1.165) is 23.2 Å². The summed E-state index contributed by atoms with van der Waals surface area (Å²) in [4.78, 5) is 26.1. The molecule has 0 N–H and O–H groups in total. The van der Waals surface area contributed by atoms with Gasteiger partial charge in [0.1, 0.15) is 5.82 Å². The number of esters is 1. The molecule has 10 heteroatoms. The molecular weight excluding hydrogens is 334 g/mol. The van der Waals surface area contributed by atoms with E-state index in [4.69, 9.17) is 4.74 Å². The molecule has 1 aromatic carbocycles. The summed E-state index contributed by atoms with van der Waals surface area (Å²) in [5.74, 6) is -2.42. The van der Waals surface area contributed by atoms with Gasteiger partial charge in [0.15, 0.2) is 6.04 Å². The van der Waals surface area contributed by atoms with Gasteiger partial charge < -0.3 is 9.30 Å². The lowest BCUT2D eigenvalue weighted by molar-refractivity contribution is -0.145. The molecule has 0 amide bonds. The van der Waals surface area contributed by atoms with Crippen LogP contribution in [0.1, 0.15) is 24.1 Å². The second-order valence-corrected chi connectivity index (χ2v) is 4.66. The molecule has 0 saturated carbocycles. The topological polar surface area (TPSA) is 73.6 Å². The van der Waals surface area contributed by atoms with E-state index in [1.165, 1.54) is 6.92 Å². The summed E-state index contributed by atoms with van der Waals surface area (Å²) >= 11 is 0. The molecule has 1 unspecified atom stereocenters. The molecule has 2 aromatic rings. The van der Waals surface area contributed by atoms with Crippen LogP contribution in [0.5, 0.6) is 0 Å². The molecule has 0 radical (unpaired) electrons. The van der Waals surface area contributed by atoms with Crippen molar-refractivity contribution in [3.05, 3.63) is 52.6 Å². The highest BCUT2D eigenvalue weighted by molar-refractivity contribution is 5.78. The van der Waals surface area contributed by atoms with Crippen molar-refractivity contribution in [1.29, 1.82) is 0 Å². The van der Waals surface area contributed by atoms with Crippen LogP contribution in [0.25, 0.3) is 0 Å². The summed E-state index contributed by atoms with van der Waals surface area (Å²) < 4.78 is 57.9. The number of nitroso groups, excluding NO2 is 1. The Hall–Kier alpha value is -2.78. The Morgan fingerprint density at radius 1 is 1.42 bits per heavy atom. The van der Waals surface area contributed by atoms with E-state index in [1.807, 2.05) is 0 Å². The zero-order chi connectivity index (χ0) is 17.9. The van der Waals surface area contributed by atoms with Crippen LogP contribution >= 0.6 is 0 Å². The number of aromatic nitrogens is 2. The molecule has 0 aliphatic carbocycles. The van der Waals surface area contributed by atoms with E-state index < -0.39 is 29.6 Å². The fourth-order valence-corrected chi connectivity index (χ4v) is 2.07. The van der Waals surface area contributed by atoms with Gasteiger partial charge in [-0.3, -0.25) is 0 Å². The quantitative estimate of drug-likeness (QED) is 0.472. The van der Waals surface area contributed by atoms with Crippen molar-refractivity contribution < 1.29 is 27.1 Å². The van der Waals surface area contributed by atoms with Crippen molar-refractivity contribution in [2.45, 2.75) is 19.1 Å². The maximum absolute atomic E-state index is 14.2. The van der Waals surface area contributed by atoms with Crippen LogP contribution in [0.3, 0.4) is 0 Å². The first kappa shape index (κ1) is 17.6. The van der Waals surface area contributed by atoms with Crippen molar-refractivity contribution in [2.24, 2.45) is 5.18 Å². The van der Waals surface area contributed by atoms with Gasteiger partial charge in [-0.2, -0.15) is 13.2 Å². The SMILES string of the molecule is CCOC(=O)C(c1ccc(C(F)(F)F)cc1F)n1cnc(N=O)c1. The summed E-state index contributed by atoms with van der Waals surface area (Å²) in [6.45, 7) is 1.50. The number of halogens is 4. The summed E-state index contributed by atoms with van der Waals surface area (Å²) in [5.41, 5.74) is -1.54. The van der Waals surface area contributed by atoms with Gasteiger partial charge in [-0.25, -0.2) is 14.2 Å². The second kappa shape index (κ2) is 6.77. The monoisotopic (exact) mass is 345 g/mol. The number of rotatable bonds is 5. The third-order valence-electron chi connectivity index (χ3n) is 3.11. The highest BCUT2D eigenvalue weighted by Gasteiger charge is 2.33. The number of benzene rings is 1. The fraction of sp³-hybridized carbons (Fsp3) is 0.286. The van der Waals surface area contributed by atoms with E-state index in [0.29, 0.717) is 6.07 Å². The zero-order valence-electron chi connectivity index (χ0n) is 12.2. The first-order valence-corrected chi connectivity index (χ1v) is 6.68. The van der Waals surface area contributed by atoms with Gasteiger partial charge >= 0.3 is 12.1 Å². The number of hydrogen-bond donors (Lipinski definition) is 0. The van der Waals surface area contributed by atoms with E-state index in [1.54, 1.807) is 0 Å². The van der Waals surface area contributed by atoms with E-state index in [-0.39, 0.29) is 24.1 Å². The molecule has 6 nitrogen and oxygen atoms in total. The van der Waals surface area contributed by atoms with Gasteiger partial charge in [0.25, 0.3) is 0 Å². The Morgan fingerprint density at radius 3 is 2.62 bits per heavy atom. The highest BCUT2D eigenvalue weighted by atomic mass is 19.4. The number of carbonyl (C=O) groups excluding carboxylic acids is 1. The molecule has 2 rings (SSSR count). The van der Waals surface area contributed by atoms with Gasteiger partial charge in [0.05, 0.1) is 24.7 Å². The number of ether oxygens (including phenoxy) is 1. The average Bonchev–Trinajstić information content (AvgIpc) is 2.97. The Kier molecular flexibility index (Phi) is 4.96. The van der Waals surface area contributed by atoms with Gasteiger partial charge in [-0.05, 0) is 24.2 Å². The largest absolute Gasteiger partial charge is 0.464 e. The van der Waals surface area contributed by atoms with Crippen LogP contribution in [0.4, 0.5) is 23.4 Å². The molecule has 1 heterocycles. The minimum atomic E-state index is -4.72. The van der Waals surface area contributed by atoms with Crippen molar-refractivity contribution >= 4 is 11.8 Å². The summed E-state index contributed by atoms with van der Waals surface area (Å²) in [5, 5.41) is 2.56. The number of nitrogens with zero attached hydrogens (tertiary/aromatic N) is 3. The van der Waals surface area contributed by atoms with Gasteiger partial charge in [0, 0.05) is 5.56 Å². The summed E-state index contributed by atoms with van der Waals surface area (Å²) in [6.07, 6.45) is -2.62. The molecule has 128 valence electrons. The van der Waals surface area contributed by atoms with Gasteiger partial charge in [-0.15, -0.1) is 4.91 Å². The first-order valence-electron chi connectivity index (χ1n) is 6.68. The molecule has 0 aliphatic heterocycles. The third-order valence-corrected chi connectivity index (χ3v) is 3.11. The fourth-order valence-electron chi connectivity index (χ4n) is 2.07. The van der Waals surface area contributed by atoms with Crippen LogP contribution in [0, 0.1) is 10.7 Å². The number of imidazole rings is 1. The minimum Gasteiger partial charge on any atom is -0.464 e. The van der Waals surface area contributed by atoms with Crippen molar-refractivity contribution in [3.8, 4) is 0 Å². The third kappa shape index (κ3) is 3.58. The molecule has 0 bridgehead atoms. The Morgan fingerprint density at radius 2 is 2.12 bits per heavy atom. The summed E-state index contributed by atoms with van der Waals surface area (Å²) in [6, 6.07) is 0.348. The summed E-state index contributed by atoms with van der Waals surface area (Å²) in [7, 11) is 0. The lowest BCUT2D eigenvalue weighted by Crippen LogP contribution is -2.23. The smallest absolute Gasteiger partial charge is 0.416 e. The molecular formula is C14H11F4N3O3. The molecule has 0 spiro atoms.